The van der Waals surface area contributed by atoms with Crippen molar-refractivity contribution in [2.45, 2.75) is 12.8 Å². The molecule has 0 spiro atoms. The second-order valence-electron chi connectivity index (χ2n) is 3.30. The Morgan fingerprint density at radius 1 is 1.67 bits per heavy atom. The summed E-state index contributed by atoms with van der Waals surface area (Å²) in [4.78, 5) is 10.2. The van der Waals surface area contributed by atoms with Gasteiger partial charge >= 0.3 is 0 Å². The van der Waals surface area contributed by atoms with Gasteiger partial charge in [0.25, 0.3) is 5.69 Å². The van der Waals surface area contributed by atoms with Crippen LogP contribution < -0.4 is 0 Å². The van der Waals surface area contributed by atoms with Crippen LogP contribution in [0.3, 0.4) is 0 Å². The molecular weight excluding hydrogens is 197 g/mol. The Kier molecular flexibility index (Phi) is 3.55. The first kappa shape index (κ1) is 11.4. The Balaban J connectivity index is 3.34. The van der Waals surface area contributed by atoms with Crippen LogP contribution in [-0.2, 0) is 0 Å². The maximum absolute atomic E-state index is 12.5. The van der Waals surface area contributed by atoms with Gasteiger partial charge in [-0.15, -0.1) is 0 Å². The summed E-state index contributed by atoms with van der Waals surface area (Å²) < 4.78 is 12.5. The Morgan fingerprint density at radius 2 is 2.33 bits per heavy atom. The standard InChI is InChI=1S/C11H12FNO2/c1-3-9-10(8(2)7-12)5-4-6-11(9)13(14)15/h3-6,8H,1,7H2,2H3. The van der Waals surface area contributed by atoms with Crippen LogP contribution in [0.25, 0.3) is 6.08 Å². The number of nitro benzene ring substituents is 1. The van der Waals surface area contributed by atoms with Crippen LogP contribution in [0.5, 0.6) is 0 Å². The summed E-state index contributed by atoms with van der Waals surface area (Å²) in [7, 11) is 0. The van der Waals surface area contributed by atoms with Crippen LogP contribution in [0.4, 0.5) is 10.1 Å². The van der Waals surface area contributed by atoms with Gasteiger partial charge in [0.2, 0.25) is 0 Å². The van der Waals surface area contributed by atoms with Gasteiger partial charge in [-0.25, -0.2) is 0 Å². The van der Waals surface area contributed by atoms with Gasteiger partial charge in [-0.2, -0.15) is 0 Å². The Bertz CT molecular complexity index is 390. The third kappa shape index (κ3) is 2.21. The smallest absolute Gasteiger partial charge is 0.258 e. The van der Waals surface area contributed by atoms with E-state index in [4.69, 9.17) is 0 Å². The van der Waals surface area contributed by atoms with E-state index in [2.05, 4.69) is 6.58 Å². The first-order valence-corrected chi connectivity index (χ1v) is 4.57. The van der Waals surface area contributed by atoms with E-state index in [0.29, 0.717) is 11.1 Å². The van der Waals surface area contributed by atoms with Crippen LogP contribution >= 0.6 is 0 Å². The molecule has 4 heteroatoms. The largest absolute Gasteiger partial charge is 0.276 e. The number of nitrogens with zero attached hydrogens (tertiary/aromatic N) is 1. The van der Waals surface area contributed by atoms with Gasteiger partial charge in [-0.05, 0) is 5.56 Å². The first-order chi connectivity index (χ1) is 7.11. The Morgan fingerprint density at radius 3 is 2.80 bits per heavy atom. The highest BCUT2D eigenvalue weighted by Gasteiger charge is 2.17. The van der Waals surface area contributed by atoms with Crippen molar-refractivity contribution in [1.82, 2.24) is 0 Å². The predicted octanol–water partition coefficient (Wildman–Crippen LogP) is 3.31. The summed E-state index contributed by atoms with van der Waals surface area (Å²) in [6, 6.07) is 4.65. The Labute approximate surface area is 87.4 Å². The summed E-state index contributed by atoms with van der Waals surface area (Å²) in [5.41, 5.74) is 1.01. The van der Waals surface area contributed by atoms with E-state index in [0.717, 1.165) is 0 Å². The molecule has 0 fully saturated rings. The number of rotatable bonds is 4. The van der Waals surface area contributed by atoms with Gasteiger partial charge in [0.05, 0.1) is 17.2 Å². The number of halogens is 1. The SMILES string of the molecule is C=Cc1c(C(C)CF)cccc1[N+](=O)[O-]. The minimum absolute atomic E-state index is 0.0252. The van der Waals surface area contributed by atoms with E-state index in [1.807, 2.05) is 0 Å². The summed E-state index contributed by atoms with van der Waals surface area (Å²) in [5.74, 6) is -0.349. The van der Waals surface area contributed by atoms with Gasteiger partial charge in [0.15, 0.2) is 0 Å². The van der Waals surface area contributed by atoms with E-state index in [-0.39, 0.29) is 11.6 Å². The molecular formula is C11H12FNO2. The highest BCUT2D eigenvalue weighted by molar-refractivity contribution is 5.64. The number of hydrogen-bond acceptors (Lipinski definition) is 2. The molecule has 0 radical (unpaired) electrons. The van der Waals surface area contributed by atoms with E-state index >= 15 is 0 Å². The predicted molar refractivity (Wildman–Crippen MR) is 57.6 cm³/mol. The van der Waals surface area contributed by atoms with Crippen molar-refractivity contribution < 1.29 is 9.31 Å². The van der Waals surface area contributed by atoms with Gasteiger partial charge < -0.3 is 0 Å². The van der Waals surface area contributed by atoms with Crippen molar-refractivity contribution in [3.63, 3.8) is 0 Å². The summed E-state index contributed by atoms with van der Waals surface area (Å²) in [6.45, 7) is 4.67. The molecule has 15 heavy (non-hydrogen) atoms. The summed E-state index contributed by atoms with van der Waals surface area (Å²) in [6.07, 6.45) is 1.40. The minimum Gasteiger partial charge on any atom is -0.258 e. The molecule has 0 saturated heterocycles. The van der Waals surface area contributed by atoms with Crippen LogP contribution in [0.1, 0.15) is 24.0 Å². The third-order valence-electron chi connectivity index (χ3n) is 2.28. The molecule has 0 bridgehead atoms. The van der Waals surface area contributed by atoms with E-state index in [9.17, 15) is 14.5 Å². The number of alkyl halides is 1. The first-order valence-electron chi connectivity index (χ1n) is 4.57. The second kappa shape index (κ2) is 4.68. The van der Waals surface area contributed by atoms with Gasteiger partial charge in [-0.1, -0.05) is 31.7 Å². The van der Waals surface area contributed by atoms with Crippen molar-refractivity contribution >= 4 is 11.8 Å². The third-order valence-corrected chi connectivity index (χ3v) is 2.28. The molecule has 1 atom stereocenters. The maximum Gasteiger partial charge on any atom is 0.276 e. The van der Waals surface area contributed by atoms with E-state index in [1.165, 1.54) is 12.1 Å². The average Bonchev–Trinajstić information content (AvgIpc) is 2.26. The van der Waals surface area contributed by atoms with E-state index < -0.39 is 11.6 Å². The van der Waals surface area contributed by atoms with Gasteiger partial charge in [-0.3, -0.25) is 14.5 Å². The minimum atomic E-state index is -0.540. The van der Waals surface area contributed by atoms with Gasteiger partial charge in [0, 0.05) is 12.0 Å². The number of benzene rings is 1. The van der Waals surface area contributed by atoms with Crippen molar-refractivity contribution in [3.05, 3.63) is 46.0 Å². The molecule has 1 aromatic rings. The molecule has 3 nitrogen and oxygen atoms in total. The highest BCUT2D eigenvalue weighted by Crippen LogP contribution is 2.28. The molecule has 0 N–H and O–H groups in total. The molecule has 0 aliphatic rings. The fourth-order valence-electron chi connectivity index (χ4n) is 1.46. The molecule has 1 rings (SSSR count). The fourth-order valence-corrected chi connectivity index (χ4v) is 1.46. The van der Waals surface area contributed by atoms with Crippen molar-refractivity contribution in [2.75, 3.05) is 6.67 Å². The molecule has 80 valence electrons. The second-order valence-corrected chi connectivity index (χ2v) is 3.30. The number of hydrogen-bond donors (Lipinski definition) is 0. The monoisotopic (exact) mass is 209 g/mol. The van der Waals surface area contributed by atoms with Crippen LogP contribution in [0, 0.1) is 10.1 Å². The Hall–Kier alpha value is -1.71. The summed E-state index contributed by atoms with van der Waals surface area (Å²) >= 11 is 0. The molecule has 0 aliphatic heterocycles. The van der Waals surface area contributed by atoms with Crippen molar-refractivity contribution in [3.8, 4) is 0 Å². The molecule has 0 aliphatic carbocycles. The van der Waals surface area contributed by atoms with E-state index in [1.54, 1.807) is 19.1 Å². The lowest BCUT2D eigenvalue weighted by molar-refractivity contribution is -0.385. The quantitative estimate of drug-likeness (QED) is 0.564. The molecule has 1 unspecified atom stereocenters. The zero-order valence-electron chi connectivity index (χ0n) is 8.44. The maximum atomic E-state index is 12.5. The van der Waals surface area contributed by atoms with Crippen molar-refractivity contribution in [2.24, 2.45) is 0 Å². The normalized spacial score (nSPS) is 12.1. The molecule has 1 aromatic carbocycles. The zero-order chi connectivity index (χ0) is 11.4. The molecule has 0 aromatic heterocycles. The van der Waals surface area contributed by atoms with Gasteiger partial charge in [0.1, 0.15) is 0 Å². The molecule has 0 saturated carbocycles. The number of nitro groups is 1. The summed E-state index contributed by atoms with van der Waals surface area (Å²) in [5, 5.41) is 10.7. The average molecular weight is 209 g/mol. The van der Waals surface area contributed by atoms with Crippen LogP contribution in [0.2, 0.25) is 0 Å². The van der Waals surface area contributed by atoms with Crippen LogP contribution in [0.15, 0.2) is 24.8 Å². The van der Waals surface area contributed by atoms with Crippen molar-refractivity contribution in [1.29, 1.82) is 0 Å². The topological polar surface area (TPSA) is 43.1 Å². The lowest BCUT2D eigenvalue weighted by Gasteiger charge is -2.10. The lowest BCUT2D eigenvalue weighted by Crippen LogP contribution is -2.01. The van der Waals surface area contributed by atoms with Crippen LogP contribution in [-0.4, -0.2) is 11.6 Å². The highest BCUT2D eigenvalue weighted by atomic mass is 19.1. The molecule has 0 amide bonds. The fraction of sp³-hybridized carbons (Fsp3) is 0.273. The zero-order valence-corrected chi connectivity index (χ0v) is 8.44. The lowest BCUT2D eigenvalue weighted by atomic mass is 9.95. The molecule has 0 heterocycles.